The number of aliphatic hydroxyl groups excluding tert-OH is 1. The summed E-state index contributed by atoms with van der Waals surface area (Å²) in [6, 6.07) is 0. The van der Waals surface area contributed by atoms with Gasteiger partial charge in [-0.1, -0.05) is 6.92 Å². The van der Waals surface area contributed by atoms with Crippen LogP contribution in [0.1, 0.15) is 39.0 Å². The Morgan fingerprint density at radius 1 is 0.700 bits per heavy atom. The lowest BCUT2D eigenvalue weighted by Gasteiger charge is -2.07. The Labute approximate surface area is 124 Å². The Kier molecular flexibility index (Phi) is 18.6. The fourth-order valence-corrected chi connectivity index (χ4v) is 1.70. The molecule has 5 heteroatoms. The smallest absolute Gasteiger partial charge is 0.0487 e. The van der Waals surface area contributed by atoms with Gasteiger partial charge in [0, 0.05) is 33.0 Å². The molecular weight excluding hydrogens is 256 g/mol. The molecule has 0 heterocycles. The molecule has 0 amide bonds. The van der Waals surface area contributed by atoms with Crippen molar-refractivity contribution in [3.05, 3.63) is 0 Å². The van der Waals surface area contributed by atoms with Gasteiger partial charge in [-0.15, -0.1) is 0 Å². The monoisotopic (exact) mass is 290 g/mol. The summed E-state index contributed by atoms with van der Waals surface area (Å²) in [5, 5.41) is 15.3. The minimum absolute atomic E-state index is 0.215. The molecule has 0 aromatic heterocycles. The molecule has 0 aliphatic heterocycles. The lowest BCUT2D eigenvalue weighted by atomic mass is 10.4. The fraction of sp³-hybridized carbons (Fsp3) is 1.00. The molecule has 0 saturated heterocycles. The van der Waals surface area contributed by atoms with E-state index in [1.54, 1.807) is 0 Å². The maximum absolute atomic E-state index is 8.57. The summed E-state index contributed by atoms with van der Waals surface area (Å²) < 4.78 is 10.9. The zero-order chi connectivity index (χ0) is 14.7. The van der Waals surface area contributed by atoms with Crippen LogP contribution in [0.25, 0.3) is 0 Å². The first-order chi connectivity index (χ1) is 9.91. The molecule has 0 bridgehead atoms. The van der Waals surface area contributed by atoms with E-state index in [4.69, 9.17) is 14.6 Å². The molecule has 0 aliphatic carbocycles. The second-order valence-corrected chi connectivity index (χ2v) is 4.86. The highest BCUT2D eigenvalue weighted by molar-refractivity contribution is 4.49. The van der Waals surface area contributed by atoms with Crippen LogP contribution in [0.15, 0.2) is 0 Å². The van der Waals surface area contributed by atoms with Crippen molar-refractivity contribution < 1.29 is 14.6 Å². The van der Waals surface area contributed by atoms with Crippen LogP contribution < -0.4 is 10.6 Å². The molecule has 0 spiro atoms. The quantitative estimate of drug-likeness (QED) is 0.351. The molecule has 0 aliphatic rings. The van der Waals surface area contributed by atoms with Crippen LogP contribution in [0.2, 0.25) is 0 Å². The molecule has 0 aromatic rings. The van der Waals surface area contributed by atoms with E-state index in [2.05, 4.69) is 17.6 Å². The van der Waals surface area contributed by atoms with Crippen molar-refractivity contribution >= 4 is 0 Å². The van der Waals surface area contributed by atoms with Gasteiger partial charge in [-0.3, -0.25) is 0 Å². The maximum Gasteiger partial charge on any atom is 0.0487 e. The highest BCUT2D eigenvalue weighted by Crippen LogP contribution is 1.87. The Balaban J connectivity index is 2.89. The second-order valence-electron chi connectivity index (χ2n) is 4.86. The lowest BCUT2D eigenvalue weighted by Crippen LogP contribution is -2.20. The van der Waals surface area contributed by atoms with E-state index in [0.29, 0.717) is 6.61 Å². The number of hydrogen-bond acceptors (Lipinski definition) is 5. The Bertz CT molecular complexity index is 153. The molecule has 0 rings (SSSR count). The summed E-state index contributed by atoms with van der Waals surface area (Å²) in [5.74, 6) is 0. The summed E-state index contributed by atoms with van der Waals surface area (Å²) in [6.07, 6.45) is 5.11. The average Bonchev–Trinajstić information content (AvgIpc) is 2.47. The van der Waals surface area contributed by atoms with Gasteiger partial charge in [-0.25, -0.2) is 0 Å². The van der Waals surface area contributed by atoms with Crippen LogP contribution in [0, 0.1) is 0 Å². The molecule has 0 atom stereocenters. The topological polar surface area (TPSA) is 62.8 Å². The SMILES string of the molecule is CCCNCCCOCCCNCCCOCCCO. The zero-order valence-electron chi connectivity index (χ0n) is 13.2. The number of hydrogen-bond donors (Lipinski definition) is 3. The number of nitrogens with one attached hydrogen (secondary N) is 2. The number of aliphatic hydroxyl groups is 1. The number of ether oxygens (including phenoxy) is 2. The highest BCUT2D eigenvalue weighted by Gasteiger charge is 1.92. The highest BCUT2D eigenvalue weighted by atomic mass is 16.5. The van der Waals surface area contributed by atoms with Gasteiger partial charge in [0.05, 0.1) is 0 Å². The minimum atomic E-state index is 0.215. The van der Waals surface area contributed by atoms with E-state index >= 15 is 0 Å². The zero-order valence-corrected chi connectivity index (χ0v) is 13.2. The van der Waals surface area contributed by atoms with E-state index in [0.717, 1.165) is 71.7 Å². The summed E-state index contributed by atoms with van der Waals surface area (Å²) in [5.41, 5.74) is 0. The van der Waals surface area contributed by atoms with Crippen LogP contribution in [0.3, 0.4) is 0 Å². The predicted octanol–water partition coefficient (Wildman–Crippen LogP) is 1.16. The summed E-state index contributed by atoms with van der Waals surface area (Å²) in [4.78, 5) is 0. The standard InChI is InChI=1S/C15H34N2O3/c1-2-7-16-8-3-12-19-13-4-9-17-10-5-14-20-15-6-11-18/h16-18H,2-15H2,1H3. The predicted molar refractivity (Wildman–Crippen MR) is 83.2 cm³/mol. The molecule has 0 fully saturated rings. The largest absolute Gasteiger partial charge is 0.396 e. The third kappa shape index (κ3) is 17.8. The van der Waals surface area contributed by atoms with Crippen molar-refractivity contribution in [2.45, 2.75) is 39.0 Å². The van der Waals surface area contributed by atoms with Crippen molar-refractivity contribution in [2.75, 3.05) is 59.2 Å². The first-order valence-electron chi connectivity index (χ1n) is 8.09. The third-order valence-electron chi connectivity index (χ3n) is 2.80. The molecule has 0 aromatic carbocycles. The molecule has 122 valence electrons. The summed E-state index contributed by atoms with van der Waals surface area (Å²) >= 11 is 0. The van der Waals surface area contributed by atoms with Gasteiger partial charge in [0.25, 0.3) is 0 Å². The minimum Gasteiger partial charge on any atom is -0.396 e. The molecule has 5 nitrogen and oxygen atoms in total. The van der Waals surface area contributed by atoms with E-state index in [1.165, 1.54) is 6.42 Å². The van der Waals surface area contributed by atoms with Crippen molar-refractivity contribution in [1.29, 1.82) is 0 Å². The van der Waals surface area contributed by atoms with E-state index < -0.39 is 0 Å². The van der Waals surface area contributed by atoms with Crippen LogP contribution in [0.5, 0.6) is 0 Å². The number of rotatable bonds is 17. The van der Waals surface area contributed by atoms with E-state index in [-0.39, 0.29) is 6.61 Å². The van der Waals surface area contributed by atoms with Crippen LogP contribution in [0.4, 0.5) is 0 Å². The van der Waals surface area contributed by atoms with Crippen molar-refractivity contribution in [3.63, 3.8) is 0 Å². The van der Waals surface area contributed by atoms with Gasteiger partial charge in [0.2, 0.25) is 0 Å². The van der Waals surface area contributed by atoms with Gasteiger partial charge >= 0.3 is 0 Å². The molecule has 3 N–H and O–H groups in total. The molecule has 0 radical (unpaired) electrons. The van der Waals surface area contributed by atoms with Gasteiger partial charge in [-0.05, 0) is 58.3 Å². The van der Waals surface area contributed by atoms with Gasteiger partial charge in [0.1, 0.15) is 0 Å². The van der Waals surface area contributed by atoms with Crippen LogP contribution in [-0.4, -0.2) is 64.3 Å². The molecular formula is C15H34N2O3. The molecule has 20 heavy (non-hydrogen) atoms. The average molecular weight is 290 g/mol. The van der Waals surface area contributed by atoms with Gasteiger partial charge in [-0.2, -0.15) is 0 Å². The third-order valence-corrected chi connectivity index (χ3v) is 2.80. The van der Waals surface area contributed by atoms with E-state index in [9.17, 15) is 0 Å². The maximum atomic E-state index is 8.57. The molecule has 0 saturated carbocycles. The fourth-order valence-electron chi connectivity index (χ4n) is 1.70. The second kappa shape index (κ2) is 18.8. The van der Waals surface area contributed by atoms with Crippen LogP contribution >= 0.6 is 0 Å². The first-order valence-corrected chi connectivity index (χ1v) is 8.09. The van der Waals surface area contributed by atoms with Crippen molar-refractivity contribution in [2.24, 2.45) is 0 Å². The van der Waals surface area contributed by atoms with Crippen molar-refractivity contribution in [1.82, 2.24) is 10.6 Å². The van der Waals surface area contributed by atoms with E-state index in [1.807, 2.05) is 0 Å². The van der Waals surface area contributed by atoms with Crippen LogP contribution in [-0.2, 0) is 9.47 Å². The first kappa shape index (κ1) is 19.8. The van der Waals surface area contributed by atoms with Crippen molar-refractivity contribution in [3.8, 4) is 0 Å². The summed E-state index contributed by atoms with van der Waals surface area (Å²) in [6.45, 7) is 9.68. The van der Waals surface area contributed by atoms with Gasteiger partial charge < -0.3 is 25.2 Å². The molecule has 0 unspecified atom stereocenters. The normalized spacial score (nSPS) is 11.1. The Morgan fingerprint density at radius 3 is 1.60 bits per heavy atom. The Hall–Kier alpha value is -0.200. The Morgan fingerprint density at radius 2 is 1.15 bits per heavy atom. The summed E-state index contributed by atoms with van der Waals surface area (Å²) in [7, 11) is 0. The lowest BCUT2D eigenvalue weighted by molar-refractivity contribution is 0.113. The van der Waals surface area contributed by atoms with Gasteiger partial charge in [0.15, 0.2) is 0 Å².